The standard InChI is InChI=1S/C15H25NO/c1-13(2,3)12-5-9-15(17,10-6-12)14(11-16)7-4-8-14/h12,17H,4-10H2,1-3H3. The van der Waals surface area contributed by atoms with E-state index in [4.69, 9.17) is 0 Å². The summed E-state index contributed by atoms with van der Waals surface area (Å²) >= 11 is 0. The van der Waals surface area contributed by atoms with Crippen molar-refractivity contribution in [1.82, 2.24) is 0 Å². The Bertz CT molecular complexity index is 322. The van der Waals surface area contributed by atoms with Gasteiger partial charge >= 0.3 is 0 Å². The zero-order chi connectivity index (χ0) is 12.7. The van der Waals surface area contributed by atoms with E-state index in [1.165, 1.54) is 0 Å². The van der Waals surface area contributed by atoms with Crippen LogP contribution in [0.3, 0.4) is 0 Å². The molecule has 2 rings (SSSR count). The van der Waals surface area contributed by atoms with E-state index in [1.807, 2.05) is 0 Å². The van der Waals surface area contributed by atoms with Crippen LogP contribution in [0.15, 0.2) is 0 Å². The second-order valence-corrected chi connectivity index (χ2v) is 7.22. The number of hydrogen-bond acceptors (Lipinski definition) is 2. The van der Waals surface area contributed by atoms with Crippen molar-refractivity contribution in [2.24, 2.45) is 16.7 Å². The summed E-state index contributed by atoms with van der Waals surface area (Å²) in [6, 6.07) is 2.43. The quantitative estimate of drug-likeness (QED) is 0.754. The van der Waals surface area contributed by atoms with Gasteiger partial charge in [0.15, 0.2) is 0 Å². The third-order valence-corrected chi connectivity index (χ3v) is 5.35. The molecule has 0 spiro atoms. The minimum absolute atomic E-state index is 0.334. The van der Waals surface area contributed by atoms with Gasteiger partial charge in [-0.2, -0.15) is 5.26 Å². The van der Waals surface area contributed by atoms with Gasteiger partial charge in [-0.25, -0.2) is 0 Å². The van der Waals surface area contributed by atoms with Crippen LogP contribution in [0.2, 0.25) is 0 Å². The fourth-order valence-electron chi connectivity index (χ4n) is 3.65. The van der Waals surface area contributed by atoms with Gasteiger partial charge in [-0.3, -0.25) is 0 Å². The molecule has 17 heavy (non-hydrogen) atoms. The van der Waals surface area contributed by atoms with Crippen LogP contribution in [0.4, 0.5) is 0 Å². The second-order valence-electron chi connectivity index (χ2n) is 7.22. The highest BCUT2D eigenvalue weighted by molar-refractivity contribution is 5.16. The Morgan fingerprint density at radius 3 is 1.94 bits per heavy atom. The average Bonchev–Trinajstić information content (AvgIpc) is 2.15. The van der Waals surface area contributed by atoms with Crippen molar-refractivity contribution < 1.29 is 5.11 Å². The van der Waals surface area contributed by atoms with Crippen molar-refractivity contribution in [3.8, 4) is 6.07 Å². The predicted octanol–water partition coefficient (Wildman–Crippen LogP) is 3.65. The molecule has 0 unspecified atom stereocenters. The molecule has 0 radical (unpaired) electrons. The molecule has 0 amide bonds. The van der Waals surface area contributed by atoms with Crippen molar-refractivity contribution >= 4 is 0 Å². The summed E-state index contributed by atoms with van der Waals surface area (Å²) in [6.07, 6.45) is 6.71. The Labute approximate surface area is 105 Å². The average molecular weight is 235 g/mol. The Morgan fingerprint density at radius 2 is 1.65 bits per heavy atom. The normalized spacial score (nSPS) is 37.0. The van der Waals surface area contributed by atoms with E-state index in [9.17, 15) is 10.4 Å². The summed E-state index contributed by atoms with van der Waals surface area (Å²) in [7, 11) is 0. The summed E-state index contributed by atoms with van der Waals surface area (Å²) in [5.41, 5.74) is -0.766. The van der Waals surface area contributed by atoms with Crippen molar-refractivity contribution in [3.05, 3.63) is 0 Å². The first-order chi connectivity index (χ1) is 7.83. The minimum atomic E-state index is -0.693. The van der Waals surface area contributed by atoms with Crippen LogP contribution in [0, 0.1) is 28.1 Å². The van der Waals surface area contributed by atoms with E-state index < -0.39 is 11.0 Å². The highest BCUT2D eigenvalue weighted by Gasteiger charge is 2.55. The molecule has 0 aromatic heterocycles. The maximum absolute atomic E-state index is 10.8. The van der Waals surface area contributed by atoms with E-state index in [0.717, 1.165) is 44.9 Å². The minimum Gasteiger partial charge on any atom is -0.388 e. The third-order valence-electron chi connectivity index (χ3n) is 5.35. The molecule has 0 heterocycles. The smallest absolute Gasteiger partial charge is 0.0860 e. The monoisotopic (exact) mass is 235 g/mol. The first kappa shape index (κ1) is 12.9. The molecular formula is C15H25NO. The summed E-state index contributed by atoms with van der Waals surface area (Å²) < 4.78 is 0. The molecule has 1 N–H and O–H groups in total. The molecule has 0 aromatic carbocycles. The van der Waals surface area contributed by atoms with Gasteiger partial charge in [0.05, 0.1) is 17.1 Å². The van der Waals surface area contributed by atoms with E-state index in [-0.39, 0.29) is 0 Å². The lowest BCUT2D eigenvalue weighted by Gasteiger charge is -2.52. The highest BCUT2D eigenvalue weighted by atomic mass is 16.3. The Balaban J connectivity index is 2.05. The molecule has 2 fully saturated rings. The molecule has 0 aliphatic heterocycles. The van der Waals surface area contributed by atoms with Crippen molar-refractivity contribution in [3.63, 3.8) is 0 Å². The zero-order valence-corrected chi connectivity index (χ0v) is 11.4. The molecule has 0 atom stereocenters. The molecule has 0 bridgehead atoms. The lowest BCUT2D eigenvalue weighted by molar-refractivity contribution is -0.129. The molecule has 0 saturated heterocycles. The third kappa shape index (κ3) is 1.99. The van der Waals surface area contributed by atoms with Crippen LogP contribution >= 0.6 is 0 Å². The molecule has 2 aliphatic rings. The van der Waals surface area contributed by atoms with Gasteiger partial charge in [-0.15, -0.1) is 0 Å². The fraction of sp³-hybridized carbons (Fsp3) is 0.933. The molecule has 96 valence electrons. The molecule has 2 nitrogen and oxygen atoms in total. The number of rotatable bonds is 1. The first-order valence-corrected chi connectivity index (χ1v) is 6.97. The van der Waals surface area contributed by atoms with Crippen molar-refractivity contribution in [1.29, 1.82) is 5.26 Å². The van der Waals surface area contributed by atoms with Crippen molar-refractivity contribution in [2.45, 2.75) is 71.3 Å². The number of nitrogens with zero attached hydrogens (tertiary/aromatic N) is 1. The van der Waals surface area contributed by atoms with Gasteiger partial charge < -0.3 is 5.11 Å². The van der Waals surface area contributed by atoms with Crippen LogP contribution in [0.25, 0.3) is 0 Å². The summed E-state index contributed by atoms with van der Waals surface area (Å²) in [6.45, 7) is 6.85. The number of aliphatic hydroxyl groups is 1. The fourth-order valence-corrected chi connectivity index (χ4v) is 3.65. The zero-order valence-electron chi connectivity index (χ0n) is 11.4. The van der Waals surface area contributed by atoms with E-state index in [0.29, 0.717) is 11.3 Å². The van der Waals surface area contributed by atoms with Crippen molar-refractivity contribution in [2.75, 3.05) is 0 Å². The maximum atomic E-state index is 10.8. The number of nitriles is 1. The van der Waals surface area contributed by atoms with Crippen LogP contribution in [0.5, 0.6) is 0 Å². The van der Waals surface area contributed by atoms with Crippen LogP contribution in [0.1, 0.15) is 65.7 Å². The van der Waals surface area contributed by atoms with Gasteiger partial charge in [0, 0.05) is 0 Å². The Hall–Kier alpha value is -0.550. The largest absolute Gasteiger partial charge is 0.388 e. The molecule has 2 aliphatic carbocycles. The van der Waals surface area contributed by atoms with Gasteiger partial charge in [0.2, 0.25) is 0 Å². The lowest BCUT2D eigenvalue weighted by atomic mass is 9.53. The van der Waals surface area contributed by atoms with Gasteiger partial charge in [-0.05, 0) is 49.9 Å². The van der Waals surface area contributed by atoms with Crippen LogP contribution < -0.4 is 0 Å². The Morgan fingerprint density at radius 1 is 1.12 bits per heavy atom. The highest BCUT2D eigenvalue weighted by Crippen LogP contribution is 2.56. The summed E-state index contributed by atoms with van der Waals surface area (Å²) in [4.78, 5) is 0. The molecule has 2 saturated carbocycles. The lowest BCUT2D eigenvalue weighted by Crippen LogP contribution is -2.54. The van der Waals surface area contributed by atoms with Gasteiger partial charge in [0.25, 0.3) is 0 Å². The topological polar surface area (TPSA) is 44.0 Å². The van der Waals surface area contributed by atoms with Gasteiger partial charge in [-0.1, -0.05) is 27.2 Å². The van der Waals surface area contributed by atoms with E-state index >= 15 is 0 Å². The summed E-state index contributed by atoms with van der Waals surface area (Å²) in [5, 5.41) is 20.2. The number of hydrogen-bond donors (Lipinski definition) is 1. The molecular weight excluding hydrogens is 210 g/mol. The second kappa shape index (κ2) is 3.99. The first-order valence-electron chi connectivity index (χ1n) is 6.97. The van der Waals surface area contributed by atoms with Crippen LogP contribution in [-0.2, 0) is 0 Å². The van der Waals surface area contributed by atoms with E-state index in [1.54, 1.807) is 0 Å². The Kier molecular flexibility index (Phi) is 3.02. The molecule has 0 aromatic rings. The molecule has 2 heteroatoms. The maximum Gasteiger partial charge on any atom is 0.0860 e. The predicted molar refractivity (Wildman–Crippen MR) is 68.3 cm³/mol. The van der Waals surface area contributed by atoms with Gasteiger partial charge in [0.1, 0.15) is 0 Å². The van der Waals surface area contributed by atoms with E-state index in [2.05, 4.69) is 26.8 Å². The van der Waals surface area contributed by atoms with Crippen LogP contribution in [-0.4, -0.2) is 10.7 Å². The SMILES string of the molecule is CC(C)(C)C1CCC(O)(C2(C#N)CCC2)CC1. The summed E-state index contributed by atoms with van der Waals surface area (Å²) in [5.74, 6) is 0.693.